The van der Waals surface area contributed by atoms with Crippen LogP contribution in [0.4, 0.5) is 0 Å². The Morgan fingerprint density at radius 3 is 2.46 bits per heavy atom. The Hall–Kier alpha value is 0.220. The largest absolute Gasteiger partial charge is 0.292 e. The molecule has 6 heteroatoms. The van der Waals surface area contributed by atoms with Gasteiger partial charge in [-0.3, -0.25) is 10.6 Å². The van der Waals surface area contributed by atoms with Crippen LogP contribution in [0, 0.1) is 0 Å². The Balaban J connectivity index is 1.83. The third-order valence-electron chi connectivity index (χ3n) is 2.30. The standard InChI is InChI=1S/C7H14N2O2S2/c10-13(11)4-1-6(5-13)12-7-8-2-3-9-7/h6-9H,1-5H2/t6-/m0/s1. The van der Waals surface area contributed by atoms with Crippen LogP contribution in [0.3, 0.4) is 0 Å². The molecule has 0 saturated carbocycles. The van der Waals surface area contributed by atoms with Gasteiger partial charge < -0.3 is 0 Å². The highest BCUT2D eigenvalue weighted by atomic mass is 32.2. The number of nitrogens with one attached hydrogen (secondary N) is 2. The average Bonchev–Trinajstić information content (AvgIpc) is 2.61. The Labute approximate surface area is 82.8 Å². The maximum atomic E-state index is 11.2. The van der Waals surface area contributed by atoms with E-state index in [1.54, 1.807) is 11.8 Å². The first-order valence-corrected chi connectivity index (χ1v) is 7.25. The number of hydrogen-bond acceptors (Lipinski definition) is 5. The first kappa shape index (κ1) is 9.76. The molecule has 0 unspecified atom stereocenters. The summed E-state index contributed by atoms with van der Waals surface area (Å²) in [5.41, 5.74) is 0.262. The average molecular weight is 222 g/mol. The van der Waals surface area contributed by atoms with E-state index < -0.39 is 9.84 Å². The molecule has 0 aromatic rings. The zero-order valence-corrected chi connectivity index (χ0v) is 8.96. The van der Waals surface area contributed by atoms with E-state index in [0.29, 0.717) is 11.5 Å². The molecule has 0 spiro atoms. The molecule has 2 N–H and O–H groups in total. The minimum atomic E-state index is -2.71. The van der Waals surface area contributed by atoms with E-state index in [2.05, 4.69) is 10.6 Å². The van der Waals surface area contributed by atoms with Crippen LogP contribution >= 0.6 is 11.8 Å². The van der Waals surface area contributed by atoms with Crippen LogP contribution in [0.15, 0.2) is 0 Å². The molecule has 0 aliphatic carbocycles. The summed E-state index contributed by atoms with van der Waals surface area (Å²) < 4.78 is 22.3. The van der Waals surface area contributed by atoms with Crippen LogP contribution in [0.25, 0.3) is 0 Å². The second kappa shape index (κ2) is 3.76. The van der Waals surface area contributed by atoms with E-state index in [1.165, 1.54) is 0 Å². The van der Waals surface area contributed by atoms with Crippen LogP contribution in [0.5, 0.6) is 0 Å². The second-order valence-corrected chi connectivity index (χ2v) is 7.09. The normalized spacial score (nSPS) is 34.0. The van der Waals surface area contributed by atoms with Crippen LogP contribution in [0.2, 0.25) is 0 Å². The second-order valence-electron chi connectivity index (χ2n) is 3.45. The third kappa shape index (κ3) is 2.59. The molecule has 0 amide bonds. The van der Waals surface area contributed by atoms with Crippen molar-refractivity contribution in [1.29, 1.82) is 0 Å². The fourth-order valence-corrected chi connectivity index (χ4v) is 5.33. The lowest BCUT2D eigenvalue weighted by atomic mass is 10.4. The number of sulfone groups is 1. The predicted octanol–water partition coefficient (Wildman–Crippen LogP) is -0.617. The van der Waals surface area contributed by atoms with Crippen molar-refractivity contribution in [3.05, 3.63) is 0 Å². The predicted molar refractivity (Wildman–Crippen MR) is 54.4 cm³/mol. The molecule has 1 atom stereocenters. The summed E-state index contributed by atoms with van der Waals surface area (Å²) in [5.74, 6) is 0.731. The fourth-order valence-electron chi connectivity index (χ4n) is 1.64. The Kier molecular flexibility index (Phi) is 2.83. The van der Waals surface area contributed by atoms with Gasteiger partial charge >= 0.3 is 0 Å². The van der Waals surface area contributed by atoms with Crippen molar-refractivity contribution >= 4 is 21.6 Å². The van der Waals surface area contributed by atoms with Crippen LogP contribution in [0.1, 0.15) is 6.42 Å². The first-order chi connectivity index (χ1) is 6.16. The van der Waals surface area contributed by atoms with Gasteiger partial charge in [-0.2, -0.15) is 0 Å². The SMILES string of the molecule is O=S1(=O)CC[C@H](SC2NCCN2)C1. The molecule has 0 aromatic carbocycles. The third-order valence-corrected chi connectivity index (χ3v) is 5.68. The molecular weight excluding hydrogens is 208 g/mol. The Bertz CT molecular complexity index is 272. The summed E-state index contributed by atoms with van der Waals surface area (Å²) in [5, 5.41) is 6.82. The number of hydrogen-bond donors (Lipinski definition) is 2. The van der Waals surface area contributed by atoms with Gasteiger partial charge in [-0.15, -0.1) is 11.8 Å². The summed E-state index contributed by atoms with van der Waals surface area (Å²) in [6.45, 7) is 1.97. The van der Waals surface area contributed by atoms with Crippen molar-refractivity contribution in [2.45, 2.75) is 17.2 Å². The van der Waals surface area contributed by atoms with Gasteiger partial charge in [0.15, 0.2) is 9.84 Å². The lowest BCUT2D eigenvalue weighted by Crippen LogP contribution is -2.30. The van der Waals surface area contributed by atoms with Gasteiger partial charge in [0.25, 0.3) is 0 Å². The van der Waals surface area contributed by atoms with Gasteiger partial charge in [0.2, 0.25) is 0 Å². The minimum Gasteiger partial charge on any atom is -0.292 e. The quantitative estimate of drug-likeness (QED) is 0.652. The van der Waals surface area contributed by atoms with Crippen LogP contribution in [-0.2, 0) is 9.84 Å². The molecule has 0 aromatic heterocycles. The fraction of sp³-hybridized carbons (Fsp3) is 1.00. The minimum absolute atomic E-state index is 0.262. The van der Waals surface area contributed by atoms with Crippen molar-refractivity contribution in [2.75, 3.05) is 24.6 Å². The highest BCUT2D eigenvalue weighted by Gasteiger charge is 2.30. The molecule has 0 radical (unpaired) electrons. The molecule has 2 aliphatic rings. The number of rotatable bonds is 2. The zero-order chi connectivity index (χ0) is 9.31. The summed E-state index contributed by atoms with van der Waals surface area (Å²) in [4.78, 5) is 0. The lowest BCUT2D eigenvalue weighted by molar-refractivity contribution is 0.602. The molecule has 76 valence electrons. The van der Waals surface area contributed by atoms with Gasteiger partial charge in [-0.05, 0) is 6.42 Å². The Morgan fingerprint density at radius 1 is 1.23 bits per heavy atom. The van der Waals surface area contributed by atoms with Crippen molar-refractivity contribution in [3.8, 4) is 0 Å². The topological polar surface area (TPSA) is 58.2 Å². The van der Waals surface area contributed by atoms with E-state index >= 15 is 0 Å². The lowest BCUT2D eigenvalue weighted by Gasteiger charge is -2.14. The van der Waals surface area contributed by atoms with E-state index in [0.717, 1.165) is 19.5 Å². The summed E-state index contributed by atoms with van der Waals surface area (Å²) in [6.07, 6.45) is 0.812. The molecule has 4 nitrogen and oxygen atoms in total. The van der Waals surface area contributed by atoms with Gasteiger partial charge in [0.1, 0.15) is 5.50 Å². The van der Waals surface area contributed by atoms with Crippen molar-refractivity contribution in [2.24, 2.45) is 0 Å². The Morgan fingerprint density at radius 2 is 1.92 bits per heavy atom. The summed E-state index contributed by atoms with van der Waals surface area (Å²) >= 11 is 1.72. The first-order valence-electron chi connectivity index (χ1n) is 4.48. The molecule has 2 aliphatic heterocycles. The highest BCUT2D eigenvalue weighted by Crippen LogP contribution is 2.26. The van der Waals surface area contributed by atoms with E-state index in [4.69, 9.17) is 0 Å². The summed E-state index contributed by atoms with van der Waals surface area (Å²) in [7, 11) is -2.71. The molecule has 2 saturated heterocycles. The molecule has 2 fully saturated rings. The van der Waals surface area contributed by atoms with Crippen LogP contribution in [-0.4, -0.2) is 43.8 Å². The van der Waals surface area contributed by atoms with Crippen molar-refractivity contribution < 1.29 is 8.42 Å². The van der Waals surface area contributed by atoms with E-state index in [9.17, 15) is 8.42 Å². The molecule has 2 rings (SSSR count). The van der Waals surface area contributed by atoms with E-state index in [-0.39, 0.29) is 10.7 Å². The van der Waals surface area contributed by atoms with Gasteiger partial charge in [-0.1, -0.05) is 0 Å². The van der Waals surface area contributed by atoms with E-state index in [1.807, 2.05) is 0 Å². The highest BCUT2D eigenvalue weighted by molar-refractivity contribution is 8.02. The molecule has 2 heterocycles. The monoisotopic (exact) mass is 222 g/mol. The van der Waals surface area contributed by atoms with Crippen LogP contribution < -0.4 is 10.6 Å². The number of thioether (sulfide) groups is 1. The summed E-state index contributed by atoms with van der Waals surface area (Å²) in [6, 6.07) is 0. The molecular formula is C7H14N2O2S2. The van der Waals surface area contributed by atoms with Gasteiger partial charge in [0.05, 0.1) is 11.5 Å². The smallest absolute Gasteiger partial charge is 0.151 e. The zero-order valence-electron chi connectivity index (χ0n) is 7.32. The van der Waals surface area contributed by atoms with Crippen molar-refractivity contribution in [1.82, 2.24) is 10.6 Å². The molecule has 0 bridgehead atoms. The maximum Gasteiger partial charge on any atom is 0.151 e. The maximum absolute atomic E-state index is 11.2. The van der Waals surface area contributed by atoms with Gasteiger partial charge in [0, 0.05) is 18.3 Å². The van der Waals surface area contributed by atoms with Gasteiger partial charge in [-0.25, -0.2) is 8.42 Å². The molecule has 13 heavy (non-hydrogen) atoms. The van der Waals surface area contributed by atoms with Crippen molar-refractivity contribution in [3.63, 3.8) is 0 Å².